The molecule has 2 aromatic rings. The number of benzene rings is 1. The molecule has 0 aliphatic carbocycles. The number of H-pyrrole nitrogens is 1. The van der Waals surface area contributed by atoms with Gasteiger partial charge in [0.1, 0.15) is 0 Å². The molecule has 0 bridgehead atoms. The van der Waals surface area contributed by atoms with Crippen LogP contribution in [0.1, 0.15) is 12.5 Å². The lowest BCUT2D eigenvalue weighted by molar-refractivity contribution is 0.602. The molecule has 17 heavy (non-hydrogen) atoms. The molecule has 5 nitrogen and oxygen atoms in total. The summed E-state index contributed by atoms with van der Waals surface area (Å²) < 4.78 is 22.0. The predicted octanol–water partition coefficient (Wildman–Crippen LogP) is 1.96. The lowest BCUT2D eigenvalue weighted by Gasteiger charge is -1.97. The van der Waals surface area contributed by atoms with Crippen molar-refractivity contribution >= 4 is 19.7 Å². The molecule has 0 amide bonds. The molecular weight excluding hydrogens is 262 g/mol. The van der Waals surface area contributed by atoms with Crippen molar-refractivity contribution in [2.24, 2.45) is 0 Å². The largest absolute Gasteiger partial charge is 0.296 e. The van der Waals surface area contributed by atoms with Crippen LogP contribution in [0.15, 0.2) is 29.4 Å². The molecule has 1 aromatic heterocycles. The number of rotatable bonds is 3. The second kappa shape index (κ2) is 4.46. The van der Waals surface area contributed by atoms with E-state index in [2.05, 4.69) is 22.1 Å². The van der Waals surface area contributed by atoms with Gasteiger partial charge in [-0.2, -0.15) is 10.1 Å². The van der Waals surface area contributed by atoms with Gasteiger partial charge in [-0.05, 0) is 12.0 Å². The summed E-state index contributed by atoms with van der Waals surface area (Å²) in [6, 6.07) is 7.57. The van der Waals surface area contributed by atoms with Gasteiger partial charge in [-0.3, -0.25) is 0 Å². The first-order chi connectivity index (χ1) is 8.00. The molecule has 90 valence electrons. The maximum Gasteiger partial charge on any atom is 0.296 e. The average Bonchev–Trinajstić information content (AvgIpc) is 2.78. The van der Waals surface area contributed by atoms with Crippen LogP contribution in [-0.2, 0) is 15.5 Å². The maximum atomic E-state index is 11.0. The topological polar surface area (TPSA) is 75.7 Å². The minimum atomic E-state index is -3.86. The van der Waals surface area contributed by atoms with E-state index in [-0.39, 0.29) is 5.16 Å². The minimum Gasteiger partial charge on any atom is -0.248 e. The molecule has 2 rings (SSSR count). The third kappa shape index (κ3) is 2.65. The summed E-state index contributed by atoms with van der Waals surface area (Å²) >= 11 is 0. The van der Waals surface area contributed by atoms with E-state index >= 15 is 0 Å². The van der Waals surface area contributed by atoms with E-state index in [1.165, 1.54) is 5.56 Å². The first-order valence-electron chi connectivity index (χ1n) is 4.97. The monoisotopic (exact) mass is 271 g/mol. The molecule has 0 fully saturated rings. The van der Waals surface area contributed by atoms with E-state index in [0.717, 1.165) is 12.0 Å². The van der Waals surface area contributed by atoms with Crippen LogP contribution in [0.3, 0.4) is 0 Å². The van der Waals surface area contributed by atoms with E-state index in [0.29, 0.717) is 5.82 Å². The standard InChI is InChI=1S/C10H10ClN3O2S/c1-2-7-3-5-8(6-4-7)9-12-10(14-13-9)17(11,15)16/h3-6H,2H2,1H3,(H,12,13,14). The SMILES string of the molecule is CCc1ccc(-c2n[nH]c(S(=O)(=O)Cl)n2)cc1. The van der Waals surface area contributed by atoms with Gasteiger partial charge in [-0.1, -0.05) is 31.2 Å². The average molecular weight is 272 g/mol. The number of aryl methyl sites for hydroxylation is 1. The molecular formula is C10H10ClN3O2S. The van der Waals surface area contributed by atoms with Gasteiger partial charge < -0.3 is 0 Å². The van der Waals surface area contributed by atoms with Crippen molar-refractivity contribution in [2.45, 2.75) is 18.5 Å². The fraction of sp³-hybridized carbons (Fsp3) is 0.200. The van der Waals surface area contributed by atoms with E-state index in [4.69, 9.17) is 10.7 Å². The van der Waals surface area contributed by atoms with Crippen molar-refractivity contribution in [3.8, 4) is 11.4 Å². The van der Waals surface area contributed by atoms with Gasteiger partial charge in [0.2, 0.25) is 0 Å². The van der Waals surface area contributed by atoms with Crippen molar-refractivity contribution in [3.63, 3.8) is 0 Å². The Morgan fingerprint density at radius 3 is 2.41 bits per heavy atom. The van der Waals surface area contributed by atoms with Crippen LogP contribution in [0.5, 0.6) is 0 Å². The Labute approximate surface area is 103 Å². The lowest BCUT2D eigenvalue weighted by atomic mass is 10.1. The molecule has 0 radical (unpaired) electrons. The number of hydrogen-bond acceptors (Lipinski definition) is 4. The number of halogens is 1. The first-order valence-corrected chi connectivity index (χ1v) is 7.28. The summed E-state index contributed by atoms with van der Waals surface area (Å²) in [4.78, 5) is 3.82. The highest BCUT2D eigenvalue weighted by atomic mass is 35.7. The van der Waals surface area contributed by atoms with Crippen LogP contribution in [0, 0.1) is 0 Å². The Morgan fingerprint density at radius 1 is 1.29 bits per heavy atom. The zero-order valence-electron chi connectivity index (χ0n) is 9.01. The van der Waals surface area contributed by atoms with Crippen LogP contribution in [0.4, 0.5) is 0 Å². The number of hydrogen-bond donors (Lipinski definition) is 1. The van der Waals surface area contributed by atoms with E-state index < -0.39 is 9.05 Å². The quantitative estimate of drug-likeness (QED) is 0.866. The van der Waals surface area contributed by atoms with Crippen molar-refractivity contribution in [1.29, 1.82) is 0 Å². The van der Waals surface area contributed by atoms with Crippen molar-refractivity contribution in [2.75, 3.05) is 0 Å². The summed E-state index contributed by atoms with van der Waals surface area (Å²) in [6.45, 7) is 2.06. The third-order valence-electron chi connectivity index (χ3n) is 2.32. The van der Waals surface area contributed by atoms with Gasteiger partial charge in [0.05, 0.1) is 0 Å². The Hall–Kier alpha value is -1.40. The Morgan fingerprint density at radius 2 is 1.94 bits per heavy atom. The summed E-state index contributed by atoms with van der Waals surface area (Å²) in [5, 5.41) is 5.76. The maximum absolute atomic E-state index is 11.0. The molecule has 0 spiro atoms. The molecule has 0 aliphatic rings. The second-order valence-corrected chi connectivity index (χ2v) is 5.93. The molecule has 0 saturated carbocycles. The minimum absolute atomic E-state index is 0.312. The van der Waals surface area contributed by atoms with Gasteiger partial charge in [-0.25, -0.2) is 13.5 Å². The van der Waals surface area contributed by atoms with E-state index in [1.807, 2.05) is 24.3 Å². The number of nitrogens with one attached hydrogen (secondary N) is 1. The number of nitrogens with zero attached hydrogens (tertiary/aromatic N) is 2. The highest BCUT2D eigenvalue weighted by molar-refractivity contribution is 8.13. The molecule has 1 heterocycles. The van der Waals surface area contributed by atoms with Gasteiger partial charge in [0.15, 0.2) is 5.82 Å². The van der Waals surface area contributed by atoms with Crippen molar-refractivity contribution in [1.82, 2.24) is 15.2 Å². The zero-order chi connectivity index (χ0) is 12.5. The molecule has 0 aliphatic heterocycles. The Balaban J connectivity index is 2.37. The van der Waals surface area contributed by atoms with Gasteiger partial charge in [-0.15, -0.1) is 0 Å². The summed E-state index contributed by atoms with van der Waals surface area (Å²) in [5.41, 5.74) is 1.93. The molecule has 1 N–H and O–H groups in total. The molecule has 1 aromatic carbocycles. The molecule has 7 heteroatoms. The van der Waals surface area contributed by atoms with E-state index in [1.54, 1.807) is 0 Å². The number of aromatic nitrogens is 3. The fourth-order valence-corrected chi connectivity index (χ4v) is 1.93. The van der Waals surface area contributed by atoms with Crippen LogP contribution in [-0.4, -0.2) is 23.6 Å². The summed E-state index contributed by atoms with van der Waals surface area (Å²) in [6.07, 6.45) is 0.940. The highest BCUT2D eigenvalue weighted by Crippen LogP contribution is 2.18. The lowest BCUT2D eigenvalue weighted by Crippen LogP contribution is -1.92. The molecule has 0 unspecified atom stereocenters. The van der Waals surface area contributed by atoms with Crippen molar-refractivity contribution < 1.29 is 8.42 Å². The van der Waals surface area contributed by atoms with Crippen LogP contribution < -0.4 is 0 Å². The van der Waals surface area contributed by atoms with Crippen molar-refractivity contribution in [3.05, 3.63) is 29.8 Å². The summed E-state index contributed by atoms with van der Waals surface area (Å²) in [5.74, 6) is 0.312. The van der Waals surface area contributed by atoms with Gasteiger partial charge in [0.25, 0.3) is 14.2 Å². The summed E-state index contributed by atoms with van der Waals surface area (Å²) in [7, 11) is 1.29. The smallest absolute Gasteiger partial charge is 0.248 e. The highest BCUT2D eigenvalue weighted by Gasteiger charge is 2.16. The second-order valence-electron chi connectivity index (χ2n) is 3.45. The first kappa shape index (κ1) is 12.1. The number of aromatic amines is 1. The van der Waals surface area contributed by atoms with Crippen LogP contribution in [0.2, 0.25) is 0 Å². The Bertz CT molecular complexity index is 619. The predicted molar refractivity (Wildman–Crippen MR) is 64.2 cm³/mol. The van der Waals surface area contributed by atoms with Crippen LogP contribution >= 0.6 is 10.7 Å². The Kier molecular flexibility index (Phi) is 3.17. The van der Waals surface area contributed by atoms with E-state index in [9.17, 15) is 8.42 Å². The zero-order valence-corrected chi connectivity index (χ0v) is 10.6. The molecule has 0 saturated heterocycles. The molecule has 0 atom stereocenters. The van der Waals surface area contributed by atoms with Gasteiger partial charge >= 0.3 is 0 Å². The normalized spacial score (nSPS) is 11.6. The fourth-order valence-electron chi connectivity index (χ4n) is 1.37. The van der Waals surface area contributed by atoms with Crippen LogP contribution in [0.25, 0.3) is 11.4 Å². The van der Waals surface area contributed by atoms with Gasteiger partial charge in [0, 0.05) is 16.2 Å². The third-order valence-corrected chi connectivity index (χ3v) is 3.40.